The lowest BCUT2D eigenvalue weighted by atomic mass is 10.00. The van der Waals surface area contributed by atoms with E-state index in [1.807, 2.05) is 0 Å². The maximum absolute atomic E-state index is 13.5. The fourth-order valence-corrected chi connectivity index (χ4v) is 2.99. The van der Waals surface area contributed by atoms with E-state index in [1.165, 1.54) is 12.1 Å². The number of para-hydroxylation sites is 1. The van der Waals surface area contributed by atoms with Crippen molar-refractivity contribution in [2.24, 2.45) is 0 Å². The van der Waals surface area contributed by atoms with E-state index in [9.17, 15) is 9.18 Å². The van der Waals surface area contributed by atoms with E-state index in [-0.39, 0.29) is 17.8 Å². The van der Waals surface area contributed by atoms with E-state index in [4.69, 9.17) is 9.15 Å². The first-order chi connectivity index (χ1) is 11.6. The van der Waals surface area contributed by atoms with Crippen LogP contribution in [0.5, 0.6) is 5.75 Å². The number of oxazole rings is 1. The largest absolute Gasteiger partial charge is 0.493 e. The molecule has 0 fully saturated rings. The molecular weight excluding hydrogens is 311 g/mol. The van der Waals surface area contributed by atoms with Crippen LogP contribution in [0.1, 0.15) is 34.3 Å². The van der Waals surface area contributed by atoms with Gasteiger partial charge in [0, 0.05) is 18.9 Å². The van der Waals surface area contributed by atoms with Crippen LogP contribution in [-0.4, -0.2) is 17.5 Å². The van der Waals surface area contributed by atoms with E-state index in [1.54, 1.807) is 31.2 Å². The summed E-state index contributed by atoms with van der Waals surface area (Å²) in [5.41, 5.74) is 2.18. The molecule has 1 N–H and O–H groups in total. The highest BCUT2D eigenvalue weighted by Gasteiger charge is 2.25. The molecule has 0 aliphatic carbocycles. The van der Waals surface area contributed by atoms with Crippen molar-refractivity contribution in [3.05, 3.63) is 59.2 Å². The number of carbonyl (C=O) groups is 1. The zero-order chi connectivity index (χ0) is 16.7. The third-order valence-electron chi connectivity index (χ3n) is 4.09. The van der Waals surface area contributed by atoms with E-state index in [0.29, 0.717) is 46.9 Å². The number of halogens is 1. The SMILES string of the molecule is Cc1nc2c(C(=O)NC3CCOc4ccc(F)cc43)cccc2o1. The Morgan fingerprint density at radius 1 is 1.33 bits per heavy atom. The molecule has 5 nitrogen and oxygen atoms in total. The molecule has 1 atom stereocenters. The van der Waals surface area contributed by atoms with Crippen LogP contribution in [0.15, 0.2) is 40.8 Å². The average molecular weight is 326 g/mol. The monoisotopic (exact) mass is 326 g/mol. The normalized spacial score (nSPS) is 16.5. The third-order valence-corrected chi connectivity index (χ3v) is 4.09. The fourth-order valence-electron chi connectivity index (χ4n) is 2.99. The number of benzene rings is 2. The Hall–Kier alpha value is -2.89. The van der Waals surface area contributed by atoms with Crippen molar-refractivity contribution >= 4 is 17.0 Å². The van der Waals surface area contributed by atoms with Gasteiger partial charge in [-0.25, -0.2) is 9.37 Å². The molecule has 24 heavy (non-hydrogen) atoms. The van der Waals surface area contributed by atoms with Crippen molar-refractivity contribution in [3.8, 4) is 5.75 Å². The third kappa shape index (κ3) is 2.50. The molecule has 1 unspecified atom stereocenters. The van der Waals surface area contributed by atoms with Gasteiger partial charge in [0.05, 0.1) is 18.2 Å². The number of fused-ring (bicyclic) bond motifs is 2. The van der Waals surface area contributed by atoms with Crippen LogP contribution in [0.2, 0.25) is 0 Å². The number of aromatic nitrogens is 1. The summed E-state index contributed by atoms with van der Waals surface area (Å²) < 4.78 is 24.5. The van der Waals surface area contributed by atoms with Gasteiger partial charge in [-0.1, -0.05) is 6.07 Å². The molecule has 0 saturated carbocycles. The lowest BCUT2D eigenvalue weighted by Crippen LogP contribution is -2.32. The van der Waals surface area contributed by atoms with E-state index in [2.05, 4.69) is 10.3 Å². The molecule has 1 aromatic heterocycles. The van der Waals surface area contributed by atoms with Crippen LogP contribution in [0.4, 0.5) is 4.39 Å². The quantitative estimate of drug-likeness (QED) is 0.782. The molecule has 0 bridgehead atoms. The minimum atomic E-state index is -0.354. The van der Waals surface area contributed by atoms with E-state index >= 15 is 0 Å². The van der Waals surface area contributed by atoms with Gasteiger partial charge in [0.15, 0.2) is 11.5 Å². The molecule has 1 aliphatic heterocycles. The van der Waals surface area contributed by atoms with Crippen LogP contribution >= 0.6 is 0 Å². The molecule has 1 aliphatic rings. The zero-order valence-electron chi connectivity index (χ0n) is 13.0. The van der Waals surface area contributed by atoms with Crippen molar-refractivity contribution in [3.63, 3.8) is 0 Å². The number of hydrogen-bond donors (Lipinski definition) is 1. The lowest BCUT2D eigenvalue weighted by Gasteiger charge is -2.26. The predicted octanol–water partition coefficient (Wildman–Crippen LogP) is 3.53. The Morgan fingerprint density at radius 3 is 3.08 bits per heavy atom. The Balaban J connectivity index is 1.66. The van der Waals surface area contributed by atoms with Gasteiger partial charge >= 0.3 is 0 Å². The van der Waals surface area contributed by atoms with Crippen molar-refractivity contribution in [2.75, 3.05) is 6.61 Å². The van der Waals surface area contributed by atoms with Crippen LogP contribution in [0.25, 0.3) is 11.1 Å². The van der Waals surface area contributed by atoms with Crippen molar-refractivity contribution in [2.45, 2.75) is 19.4 Å². The van der Waals surface area contributed by atoms with Gasteiger partial charge in [-0.05, 0) is 30.3 Å². The van der Waals surface area contributed by atoms with E-state index in [0.717, 1.165) is 0 Å². The summed E-state index contributed by atoms with van der Waals surface area (Å²) in [7, 11) is 0. The molecule has 3 aromatic rings. The molecule has 0 spiro atoms. The highest BCUT2D eigenvalue weighted by molar-refractivity contribution is 6.04. The topological polar surface area (TPSA) is 64.4 Å². The van der Waals surface area contributed by atoms with Crippen LogP contribution in [-0.2, 0) is 0 Å². The number of aryl methyl sites for hydroxylation is 1. The smallest absolute Gasteiger partial charge is 0.254 e. The molecule has 0 radical (unpaired) electrons. The summed E-state index contributed by atoms with van der Waals surface area (Å²) in [4.78, 5) is 17.0. The Labute approximate surface area is 137 Å². The molecule has 2 aromatic carbocycles. The predicted molar refractivity (Wildman–Crippen MR) is 85.5 cm³/mol. The van der Waals surface area contributed by atoms with Crippen LogP contribution < -0.4 is 10.1 Å². The van der Waals surface area contributed by atoms with Gasteiger partial charge in [-0.2, -0.15) is 0 Å². The van der Waals surface area contributed by atoms with Crippen molar-refractivity contribution in [1.29, 1.82) is 0 Å². The average Bonchev–Trinajstić information content (AvgIpc) is 2.95. The highest BCUT2D eigenvalue weighted by atomic mass is 19.1. The van der Waals surface area contributed by atoms with Gasteiger partial charge in [-0.3, -0.25) is 4.79 Å². The van der Waals surface area contributed by atoms with Crippen LogP contribution in [0.3, 0.4) is 0 Å². The highest BCUT2D eigenvalue weighted by Crippen LogP contribution is 2.33. The maximum Gasteiger partial charge on any atom is 0.254 e. The number of amides is 1. The fraction of sp³-hybridized carbons (Fsp3) is 0.222. The van der Waals surface area contributed by atoms with Gasteiger partial charge < -0.3 is 14.5 Å². The standard InChI is InChI=1S/C18H15FN2O3/c1-10-20-17-12(3-2-4-16(17)24-10)18(22)21-14-7-8-23-15-6-5-11(19)9-13(14)15/h2-6,9,14H,7-8H2,1H3,(H,21,22). The number of nitrogens with zero attached hydrogens (tertiary/aromatic N) is 1. The molecule has 122 valence electrons. The van der Waals surface area contributed by atoms with Gasteiger partial charge in [0.1, 0.15) is 17.1 Å². The summed E-state index contributed by atoms with van der Waals surface area (Å²) in [6.07, 6.45) is 0.579. The number of nitrogens with one attached hydrogen (secondary N) is 1. The summed E-state index contributed by atoms with van der Waals surface area (Å²) in [6.45, 7) is 2.20. The first kappa shape index (κ1) is 14.7. The molecule has 1 amide bonds. The summed E-state index contributed by atoms with van der Waals surface area (Å²) in [5.74, 6) is 0.482. The van der Waals surface area contributed by atoms with Gasteiger partial charge in [0.25, 0.3) is 5.91 Å². The van der Waals surface area contributed by atoms with Crippen molar-refractivity contribution in [1.82, 2.24) is 10.3 Å². The summed E-state index contributed by atoms with van der Waals surface area (Å²) in [5, 5.41) is 2.95. The molecule has 6 heteroatoms. The minimum Gasteiger partial charge on any atom is -0.493 e. The Bertz CT molecular complexity index is 935. The Morgan fingerprint density at radius 2 is 2.21 bits per heavy atom. The second-order valence-electron chi connectivity index (χ2n) is 5.73. The second-order valence-corrected chi connectivity index (χ2v) is 5.73. The number of hydrogen-bond acceptors (Lipinski definition) is 4. The Kier molecular flexibility index (Phi) is 3.45. The molecular formula is C18H15FN2O3. The number of ether oxygens (including phenoxy) is 1. The minimum absolute atomic E-state index is 0.268. The van der Waals surface area contributed by atoms with Crippen LogP contribution in [0, 0.1) is 12.7 Å². The maximum atomic E-state index is 13.5. The lowest BCUT2D eigenvalue weighted by molar-refractivity contribution is 0.0926. The van der Waals surface area contributed by atoms with Gasteiger partial charge in [-0.15, -0.1) is 0 Å². The second kappa shape index (κ2) is 5.63. The first-order valence-corrected chi connectivity index (χ1v) is 7.71. The molecule has 0 saturated heterocycles. The number of carbonyl (C=O) groups excluding carboxylic acids is 1. The number of rotatable bonds is 2. The summed E-state index contributed by atoms with van der Waals surface area (Å²) in [6, 6.07) is 9.25. The van der Waals surface area contributed by atoms with E-state index < -0.39 is 0 Å². The molecule has 2 heterocycles. The first-order valence-electron chi connectivity index (χ1n) is 7.71. The zero-order valence-corrected chi connectivity index (χ0v) is 13.0. The van der Waals surface area contributed by atoms with Crippen molar-refractivity contribution < 1.29 is 18.3 Å². The molecule has 4 rings (SSSR count). The summed E-state index contributed by atoms with van der Waals surface area (Å²) >= 11 is 0. The van der Waals surface area contributed by atoms with Gasteiger partial charge in [0.2, 0.25) is 0 Å².